The number of benzene rings is 1. The van der Waals surface area contributed by atoms with Crippen molar-refractivity contribution in [1.29, 1.82) is 0 Å². The van der Waals surface area contributed by atoms with E-state index in [0.717, 1.165) is 63.3 Å². The Kier molecular flexibility index (Phi) is 5.79. The van der Waals surface area contributed by atoms with Crippen LogP contribution < -0.4 is 4.74 Å². The molecule has 0 spiro atoms. The Hall–Kier alpha value is -1.85. The molecule has 4 rings (SSSR count). The van der Waals surface area contributed by atoms with Crippen molar-refractivity contribution in [3.8, 4) is 5.75 Å². The number of nitrogens with zero attached hydrogens (tertiary/aromatic N) is 2. The normalized spacial score (nSPS) is 18.0. The summed E-state index contributed by atoms with van der Waals surface area (Å²) in [6, 6.07) is 8.29. The molecule has 1 fully saturated rings. The van der Waals surface area contributed by atoms with Crippen molar-refractivity contribution in [2.45, 2.75) is 38.6 Å². The first-order chi connectivity index (χ1) is 13.2. The van der Waals surface area contributed by atoms with Gasteiger partial charge in [-0.15, -0.1) is 11.3 Å². The highest BCUT2D eigenvalue weighted by Crippen LogP contribution is 2.31. The van der Waals surface area contributed by atoms with Crippen LogP contribution in [0.1, 0.15) is 45.6 Å². The maximum atomic E-state index is 13.1. The van der Waals surface area contributed by atoms with Crippen LogP contribution in [0.15, 0.2) is 29.6 Å². The van der Waals surface area contributed by atoms with Crippen molar-refractivity contribution in [1.82, 2.24) is 9.80 Å². The lowest BCUT2D eigenvalue weighted by atomic mass is 9.95. The number of amides is 1. The van der Waals surface area contributed by atoms with Crippen LogP contribution in [-0.2, 0) is 19.4 Å². The van der Waals surface area contributed by atoms with E-state index in [9.17, 15) is 4.79 Å². The summed E-state index contributed by atoms with van der Waals surface area (Å²) in [5.41, 5.74) is 3.62. The smallest absolute Gasteiger partial charge is 0.255 e. The third-order valence-electron chi connectivity index (χ3n) is 5.73. The van der Waals surface area contributed by atoms with Gasteiger partial charge < -0.3 is 9.64 Å². The molecule has 1 aromatic heterocycles. The molecule has 2 aromatic rings. The van der Waals surface area contributed by atoms with E-state index in [-0.39, 0.29) is 5.91 Å². The van der Waals surface area contributed by atoms with Crippen LogP contribution in [0.3, 0.4) is 0 Å². The van der Waals surface area contributed by atoms with E-state index in [0.29, 0.717) is 0 Å². The van der Waals surface area contributed by atoms with Crippen LogP contribution in [0.4, 0.5) is 0 Å². The summed E-state index contributed by atoms with van der Waals surface area (Å²) in [7, 11) is 1.69. The molecule has 2 heterocycles. The van der Waals surface area contributed by atoms with Crippen LogP contribution in [0, 0.1) is 0 Å². The van der Waals surface area contributed by atoms with Crippen LogP contribution in [-0.4, -0.2) is 49.0 Å². The van der Waals surface area contributed by atoms with E-state index in [1.54, 1.807) is 18.4 Å². The van der Waals surface area contributed by atoms with Crippen molar-refractivity contribution in [3.05, 3.63) is 51.2 Å². The molecule has 1 amide bonds. The summed E-state index contributed by atoms with van der Waals surface area (Å²) in [6.45, 7) is 4.59. The molecule has 5 heteroatoms. The van der Waals surface area contributed by atoms with E-state index in [2.05, 4.69) is 27.3 Å². The molecule has 2 aliphatic rings. The van der Waals surface area contributed by atoms with Gasteiger partial charge in [-0.2, -0.15) is 0 Å². The third kappa shape index (κ3) is 4.19. The average Bonchev–Trinajstić information content (AvgIpc) is 3.00. The molecular formula is C22H28N2O2S. The number of ether oxygens (including phenoxy) is 1. The third-order valence-corrected chi connectivity index (χ3v) is 6.82. The predicted molar refractivity (Wildman–Crippen MR) is 110 cm³/mol. The minimum atomic E-state index is 0.251. The molecule has 0 atom stereocenters. The molecule has 1 aliphatic carbocycles. The van der Waals surface area contributed by atoms with Crippen molar-refractivity contribution in [2.75, 3.05) is 33.3 Å². The van der Waals surface area contributed by atoms with E-state index in [1.807, 2.05) is 12.1 Å². The summed E-state index contributed by atoms with van der Waals surface area (Å²) >= 11 is 1.79. The van der Waals surface area contributed by atoms with Gasteiger partial charge in [0.15, 0.2) is 0 Å². The Balaban J connectivity index is 1.38. The molecule has 0 N–H and O–H groups in total. The first-order valence-electron chi connectivity index (χ1n) is 9.98. The van der Waals surface area contributed by atoms with Crippen LogP contribution in [0.25, 0.3) is 0 Å². The molecule has 0 saturated carbocycles. The van der Waals surface area contributed by atoms with E-state index < -0.39 is 0 Å². The Morgan fingerprint density at radius 2 is 1.85 bits per heavy atom. The van der Waals surface area contributed by atoms with Crippen LogP contribution >= 0.6 is 11.3 Å². The summed E-state index contributed by atoms with van der Waals surface area (Å²) in [5.74, 6) is 1.14. The van der Waals surface area contributed by atoms with Gasteiger partial charge >= 0.3 is 0 Å². The molecule has 4 nitrogen and oxygen atoms in total. The first-order valence-corrected chi connectivity index (χ1v) is 10.9. The Bertz CT molecular complexity index is 784. The second kappa shape index (κ2) is 8.44. The first kappa shape index (κ1) is 18.5. The van der Waals surface area contributed by atoms with Gasteiger partial charge in [-0.3, -0.25) is 9.69 Å². The number of aryl methyl sites for hydroxylation is 1. The molecule has 1 saturated heterocycles. The molecule has 0 bridgehead atoms. The average molecular weight is 385 g/mol. The zero-order chi connectivity index (χ0) is 18.6. The lowest BCUT2D eigenvalue weighted by molar-refractivity contribution is 0.0760. The zero-order valence-corrected chi connectivity index (χ0v) is 16.9. The standard InChI is InChI=1S/C22H28N2O2S/c1-26-18-9-7-17(8-10-18)15-23-11-4-12-24(14-13-23)22(25)20-16-27-21-6-3-2-5-19(20)21/h7-10,16H,2-6,11-15H2,1H3. The van der Waals surface area contributed by atoms with Gasteiger partial charge in [0.25, 0.3) is 5.91 Å². The molecule has 1 aliphatic heterocycles. The van der Waals surface area contributed by atoms with Crippen molar-refractivity contribution in [3.63, 3.8) is 0 Å². The van der Waals surface area contributed by atoms with Gasteiger partial charge in [-0.05, 0) is 55.4 Å². The van der Waals surface area contributed by atoms with Crippen molar-refractivity contribution >= 4 is 17.2 Å². The largest absolute Gasteiger partial charge is 0.497 e. The highest BCUT2D eigenvalue weighted by Gasteiger charge is 2.25. The number of fused-ring (bicyclic) bond motifs is 1. The summed E-state index contributed by atoms with van der Waals surface area (Å²) in [6.07, 6.45) is 5.76. The topological polar surface area (TPSA) is 32.8 Å². The van der Waals surface area contributed by atoms with Gasteiger partial charge in [0.1, 0.15) is 5.75 Å². The second-order valence-electron chi connectivity index (χ2n) is 7.53. The number of methoxy groups -OCH3 is 1. The Morgan fingerprint density at radius 3 is 2.67 bits per heavy atom. The number of carbonyl (C=O) groups excluding carboxylic acids is 1. The molecule has 1 aromatic carbocycles. The van der Waals surface area contributed by atoms with E-state index in [1.165, 1.54) is 28.8 Å². The number of thiophene rings is 1. The number of rotatable bonds is 4. The Labute approximate surface area is 165 Å². The highest BCUT2D eigenvalue weighted by molar-refractivity contribution is 7.10. The number of carbonyl (C=O) groups is 1. The fourth-order valence-corrected chi connectivity index (χ4v) is 5.28. The van der Waals surface area contributed by atoms with Crippen LogP contribution in [0.2, 0.25) is 0 Å². The van der Waals surface area contributed by atoms with Gasteiger partial charge in [0.05, 0.1) is 12.7 Å². The number of hydrogen-bond acceptors (Lipinski definition) is 4. The van der Waals surface area contributed by atoms with E-state index >= 15 is 0 Å². The number of hydrogen-bond donors (Lipinski definition) is 0. The molecule has 0 unspecified atom stereocenters. The molecule has 0 radical (unpaired) electrons. The summed E-state index contributed by atoms with van der Waals surface area (Å²) < 4.78 is 5.24. The highest BCUT2D eigenvalue weighted by atomic mass is 32.1. The Morgan fingerprint density at radius 1 is 1.04 bits per heavy atom. The zero-order valence-electron chi connectivity index (χ0n) is 16.1. The maximum absolute atomic E-state index is 13.1. The minimum absolute atomic E-state index is 0.251. The van der Waals surface area contributed by atoms with Crippen LogP contribution in [0.5, 0.6) is 5.75 Å². The lowest BCUT2D eigenvalue weighted by Crippen LogP contribution is -2.35. The fourth-order valence-electron chi connectivity index (χ4n) is 4.16. The summed E-state index contributed by atoms with van der Waals surface area (Å²) in [4.78, 5) is 19.1. The predicted octanol–water partition coefficient (Wildman–Crippen LogP) is 3.98. The van der Waals surface area contributed by atoms with Gasteiger partial charge in [-0.25, -0.2) is 0 Å². The molecule has 27 heavy (non-hydrogen) atoms. The quantitative estimate of drug-likeness (QED) is 0.799. The van der Waals surface area contributed by atoms with Crippen molar-refractivity contribution < 1.29 is 9.53 Å². The monoisotopic (exact) mass is 384 g/mol. The SMILES string of the molecule is COc1ccc(CN2CCCN(C(=O)c3csc4c3CCCC4)CC2)cc1. The van der Waals surface area contributed by atoms with Gasteiger partial charge in [0, 0.05) is 43.0 Å². The minimum Gasteiger partial charge on any atom is -0.497 e. The fraction of sp³-hybridized carbons (Fsp3) is 0.500. The van der Waals surface area contributed by atoms with Gasteiger partial charge in [-0.1, -0.05) is 12.1 Å². The van der Waals surface area contributed by atoms with Crippen molar-refractivity contribution in [2.24, 2.45) is 0 Å². The second-order valence-corrected chi connectivity index (χ2v) is 8.49. The maximum Gasteiger partial charge on any atom is 0.255 e. The molecular weight excluding hydrogens is 356 g/mol. The lowest BCUT2D eigenvalue weighted by Gasteiger charge is -2.23. The van der Waals surface area contributed by atoms with Gasteiger partial charge in [0.2, 0.25) is 0 Å². The molecule has 144 valence electrons. The summed E-state index contributed by atoms with van der Waals surface area (Å²) in [5, 5.41) is 2.11. The van der Waals surface area contributed by atoms with E-state index in [4.69, 9.17) is 4.74 Å².